The molecule has 0 aliphatic carbocycles. The van der Waals surface area contributed by atoms with E-state index >= 15 is 0 Å². The average Bonchev–Trinajstić information content (AvgIpc) is 2.59. The fourth-order valence-corrected chi connectivity index (χ4v) is 3.84. The molecule has 0 bridgehead atoms. The largest absolute Gasteiger partial charge is 0.435 e. The second kappa shape index (κ2) is 7.89. The van der Waals surface area contributed by atoms with Crippen molar-refractivity contribution < 1.29 is 30.7 Å². The third-order valence-corrected chi connectivity index (χ3v) is 4.99. The zero-order valence-electron chi connectivity index (χ0n) is 14.3. The van der Waals surface area contributed by atoms with Crippen LogP contribution >= 0.6 is 22.6 Å². The van der Waals surface area contributed by atoms with Crippen LogP contribution in [0.15, 0.2) is 36.4 Å². The molecule has 1 nitrogen and oxygen atoms in total. The average molecular weight is 515 g/mol. The first kappa shape index (κ1) is 22.5. The van der Waals surface area contributed by atoms with Gasteiger partial charge in [0.25, 0.3) is 0 Å². The van der Waals surface area contributed by atoms with Gasteiger partial charge in [-0.3, -0.25) is 0 Å². The van der Waals surface area contributed by atoms with Crippen molar-refractivity contribution in [2.45, 2.75) is 37.8 Å². The van der Waals surface area contributed by atoms with Gasteiger partial charge in [-0.1, -0.05) is 31.5 Å². The van der Waals surface area contributed by atoms with E-state index in [-0.39, 0.29) is 26.7 Å². The minimum absolute atomic E-state index is 0.0445. The molecule has 0 aromatic heterocycles. The predicted octanol–water partition coefficient (Wildman–Crippen LogP) is 7.07. The summed E-state index contributed by atoms with van der Waals surface area (Å²) in [4.78, 5) is 0. The summed E-state index contributed by atoms with van der Waals surface area (Å²) in [6.45, 7) is 1.71. The minimum Gasteiger partial charge on any atom is -0.218 e. The molecule has 0 amide bonds. The van der Waals surface area contributed by atoms with Crippen LogP contribution in [0.2, 0.25) is 0 Å². The number of hydrogen-bond acceptors (Lipinski definition) is 1. The van der Waals surface area contributed by atoms with Crippen LogP contribution in [0.25, 0.3) is 11.1 Å². The van der Waals surface area contributed by atoms with E-state index in [1.54, 1.807) is 35.6 Å². The first-order chi connectivity index (χ1) is 12.9. The topological polar surface area (TPSA) is 23.8 Å². The van der Waals surface area contributed by atoms with Crippen LogP contribution in [0.1, 0.15) is 30.0 Å². The van der Waals surface area contributed by atoms with E-state index in [4.69, 9.17) is 5.26 Å². The van der Waals surface area contributed by atoms with Crippen molar-refractivity contribution in [2.24, 2.45) is 0 Å². The third kappa shape index (κ3) is 3.97. The number of rotatable bonds is 4. The van der Waals surface area contributed by atoms with E-state index in [0.717, 1.165) is 0 Å². The Morgan fingerprint density at radius 3 is 1.89 bits per heavy atom. The Bertz CT molecular complexity index is 879. The van der Waals surface area contributed by atoms with Gasteiger partial charge in [-0.2, -0.15) is 31.6 Å². The van der Waals surface area contributed by atoms with Gasteiger partial charge in [0, 0.05) is 14.7 Å². The SMILES string of the molecule is CCCc1cc(I)c(-c2ccc(C#N)cc2)c(C(F)(C(F)(F)F)C(F)(F)F)c1. The van der Waals surface area contributed by atoms with E-state index in [2.05, 4.69) is 0 Å². The molecule has 0 heterocycles. The minimum atomic E-state index is -6.21. The molecular formula is C19H13F7IN. The van der Waals surface area contributed by atoms with Crippen molar-refractivity contribution in [3.8, 4) is 17.2 Å². The van der Waals surface area contributed by atoms with Crippen LogP contribution in [0, 0.1) is 14.9 Å². The fraction of sp³-hybridized carbons (Fsp3) is 0.316. The Morgan fingerprint density at radius 2 is 1.46 bits per heavy atom. The van der Waals surface area contributed by atoms with Crippen LogP contribution in [0.3, 0.4) is 0 Å². The predicted molar refractivity (Wildman–Crippen MR) is 98.2 cm³/mol. The van der Waals surface area contributed by atoms with Gasteiger partial charge in [-0.05, 0) is 58.3 Å². The van der Waals surface area contributed by atoms with Gasteiger partial charge in [0.2, 0.25) is 0 Å². The van der Waals surface area contributed by atoms with Crippen molar-refractivity contribution in [3.05, 3.63) is 56.7 Å². The van der Waals surface area contributed by atoms with Crippen LogP contribution in [0.4, 0.5) is 30.7 Å². The van der Waals surface area contributed by atoms with Crippen molar-refractivity contribution in [1.29, 1.82) is 5.26 Å². The first-order valence-corrected chi connectivity index (χ1v) is 9.10. The Kier molecular flexibility index (Phi) is 6.33. The van der Waals surface area contributed by atoms with E-state index in [0.29, 0.717) is 12.5 Å². The lowest BCUT2D eigenvalue weighted by atomic mass is 9.85. The Hall–Kier alpha value is -1.83. The van der Waals surface area contributed by atoms with Crippen molar-refractivity contribution in [1.82, 2.24) is 0 Å². The van der Waals surface area contributed by atoms with Crippen LogP contribution in [-0.4, -0.2) is 12.4 Å². The molecule has 28 heavy (non-hydrogen) atoms. The highest BCUT2D eigenvalue weighted by Gasteiger charge is 2.74. The second-order valence-corrected chi connectivity index (χ2v) is 7.26. The summed E-state index contributed by atoms with van der Waals surface area (Å²) < 4.78 is 95.4. The molecule has 0 aliphatic heterocycles. The van der Waals surface area contributed by atoms with Crippen LogP contribution in [-0.2, 0) is 12.1 Å². The molecule has 2 aromatic rings. The lowest BCUT2D eigenvalue weighted by Gasteiger charge is -2.32. The summed E-state index contributed by atoms with van der Waals surface area (Å²) in [5, 5.41) is 8.84. The fourth-order valence-electron chi connectivity index (χ4n) is 2.84. The molecule has 2 aromatic carbocycles. The number of aryl methyl sites for hydroxylation is 1. The van der Waals surface area contributed by atoms with E-state index in [9.17, 15) is 30.7 Å². The monoisotopic (exact) mass is 515 g/mol. The Morgan fingerprint density at radius 1 is 0.929 bits per heavy atom. The van der Waals surface area contributed by atoms with Gasteiger partial charge in [0.1, 0.15) is 0 Å². The highest BCUT2D eigenvalue weighted by atomic mass is 127. The molecule has 0 fully saturated rings. The quantitative estimate of drug-likeness (QED) is 0.316. The van der Waals surface area contributed by atoms with E-state index < -0.39 is 29.1 Å². The maximum absolute atomic E-state index is 14.9. The standard InChI is InChI=1S/C19H13F7IN/c1-2-3-12-8-14(17(20,18(21,22)23)19(24,25)26)16(15(27)9-12)13-6-4-11(10-28)5-7-13/h4-9H,2-3H2,1H3. The van der Waals surface area contributed by atoms with Gasteiger partial charge >= 0.3 is 18.0 Å². The van der Waals surface area contributed by atoms with Gasteiger partial charge in [0.05, 0.1) is 11.6 Å². The molecule has 0 unspecified atom stereocenters. The molecule has 0 atom stereocenters. The van der Waals surface area contributed by atoms with E-state index in [1.165, 1.54) is 30.3 Å². The van der Waals surface area contributed by atoms with Crippen LogP contribution < -0.4 is 0 Å². The summed E-state index contributed by atoms with van der Waals surface area (Å²) in [6, 6.07) is 8.78. The molecule has 0 radical (unpaired) electrons. The Labute approximate surface area is 170 Å². The van der Waals surface area contributed by atoms with Gasteiger partial charge in [-0.15, -0.1) is 0 Å². The van der Waals surface area contributed by atoms with Gasteiger partial charge < -0.3 is 0 Å². The first-order valence-electron chi connectivity index (χ1n) is 8.02. The van der Waals surface area contributed by atoms with Crippen LogP contribution in [0.5, 0.6) is 0 Å². The highest BCUT2D eigenvalue weighted by Crippen LogP contribution is 2.56. The molecule has 2 rings (SSSR count). The lowest BCUT2D eigenvalue weighted by Crippen LogP contribution is -2.50. The molecule has 0 saturated carbocycles. The zero-order chi connectivity index (χ0) is 21.3. The molecule has 150 valence electrons. The number of nitriles is 1. The van der Waals surface area contributed by atoms with Crippen molar-refractivity contribution in [2.75, 3.05) is 0 Å². The number of hydrogen-bond donors (Lipinski definition) is 0. The molecule has 0 N–H and O–H groups in total. The molecule has 0 saturated heterocycles. The second-order valence-electron chi connectivity index (χ2n) is 6.09. The number of nitrogens with zero attached hydrogens (tertiary/aromatic N) is 1. The van der Waals surface area contributed by atoms with Crippen molar-refractivity contribution in [3.63, 3.8) is 0 Å². The van der Waals surface area contributed by atoms with E-state index in [1.807, 2.05) is 0 Å². The van der Waals surface area contributed by atoms with Gasteiger partial charge in [-0.25, -0.2) is 4.39 Å². The maximum atomic E-state index is 14.9. The summed E-state index contributed by atoms with van der Waals surface area (Å²) in [5.74, 6) is 0. The lowest BCUT2D eigenvalue weighted by molar-refractivity contribution is -0.348. The normalized spacial score (nSPS) is 12.7. The number of halogens is 8. The number of alkyl halides is 7. The van der Waals surface area contributed by atoms with Gasteiger partial charge in [0.15, 0.2) is 0 Å². The zero-order valence-corrected chi connectivity index (χ0v) is 16.5. The number of benzene rings is 2. The molecule has 0 aliphatic rings. The summed E-state index contributed by atoms with van der Waals surface area (Å²) in [7, 11) is 0. The summed E-state index contributed by atoms with van der Waals surface area (Å²) >= 11 is 1.60. The maximum Gasteiger partial charge on any atom is 0.435 e. The summed E-state index contributed by atoms with van der Waals surface area (Å²) in [6.07, 6.45) is -11.8. The molecule has 9 heteroatoms. The third-order valence-electron chi connectivity index (χ3n) is 4.14. The smallest absolute Gasteiger partial charge is 0.218 e. The molecule has 0 spiro atoms. The Balaban J connectivity index is 2.91. The van der Waals surface area contributed by atoms with Crippen molar-refractivity contribution >= 4 is 22.6 Å². The highest BCUT2D eigenvalue weighted by molar-refractivity contribution is 14.1. The summed E-state index contributed by atoms with van der Waals surface area (Å²) in [5.41, 5.74) is -7.23. The molecular weight excluding hydrogens is 502 g/mol.